The smallest absolute Gasteiger partial charge is 0.322 e. The third kappa shape index (κ3) is 3.58. The Kier molecular flexibility index (Phi) is 4.78. The van der Waals surface area contributed by atoms with Crippen LogP contribution in [0.25, 0.3) is 11.6 Å². The van der Waals surface area contributed by atoms with E-state index in [2.05, 4.69) is 20.5 Å². The highest BCUT2D eigenvalue weighted by Gasteiger charge is 2.35. The molecule has 0 bridgehead atoms. The number of carbonyl (C=O) groups excluding carboxylic acids is 2. The van der Waals surface area contributed by atoms with Crippen LogP contribution in [0.1, 0.15) is 11.4 Å². The fraction of sp³-hybridized carbons (Fsp3) is 0.278. The van der Waals surface area contributed by atoms with Crippen LogP contribution in [0.5, 0.6) is 5.75 Å². The van der Waals surface area contributed by atoms with Crippen molar-refractivity contribution in [2.45, 2.75) is 13.3 Å². The van der Waals surface area contributed by atoms with Gasteiger partial charge in [0, 0.05) is 24.0 Å². The van der Waals surface area contributed by atoms with Crippen LogP contribution in [-0.4, -0.2) is 40.7 Å². The molecule has 0 radical (unpaired) electrons. The van der Waals surface area contributed by atoms with E-state index in [0.717, 1.165) is 10.7 Å². The molecule has 144 valence electrons. The average Bonchev–Trinajstić information content (AvgIpc) is 3.42. The number of aryl methyl sites for hydroxylation is 1. The summed E-state index contributed by atoms with van der Waals surface area (Å²) in [5.41, 5.74) is 1.29. The van der Waals surface area contributed by atoms with E-state index in [1.807, 2.05) is 6.92 Å². The molecule has 0 spiro atoms. The molecule has 2 amide bonds. The minimum absolute atomic E-state index is 0.0130. The predicted molar refractivity (Wildman–Crippen MR) is 102 cm³/mol. The van der Waals surface area contributed by atoms with E-state index in [0.29, 0.717) is 11.4 Å². The molecule has 1 aromatic carbocycles. The van der Waals surface area contributed by atoms with Gasteiger partial charge in [0.25, 0.3) is 5.89 Å². The van der Waals surface area contributed by atoms with Crippen LogP contribution >= 0.6 is 11.3 Å². The number of benzene rings is 1. The van der Waals surface area contributed by atoms with Gasteiger partial charge in [-0.3, -0.25) is 14.9 Å². The highest BCUT2D eigenvalue weighted by Crippen LogP contribution is 2.28. The Morgan fingerprint density at radius 2 is 2.11 bits per heavy atom. The lowest BCUT2D eigenvalue weighted by Gasteiger charge is -2.16. The van der Waals surface area contributed by atoms with Crippen LogP contribution in [0, 0.1) is 12.8 Å². The van der Waals surface area contributed by atoms with Crippen LogP contribution in [-0.2, 0) is 9.59 Å². The summed E-state index contributed by atoms with van der Waals surface area (Å²) in [4.78, 5) is 30.7. The zero-order valence-electron chi connectivity index (χ0n) is 15.2. The van der Waals surface area contributed by atoms with Gasteiger partial charge in [0.2, 0.25) is 11.8 Å². The van der Waals surface area contributed by atoms with Crippen molar-refractivity contribution in [1.29, 1.82) is 0 Å². The maximum atomic E-state index is 12.5. The van der Waals surface area contributed by atoms with Gasteiger partial charge in [-0.2, -0.15) is 0 Å². The number of thiazole rings is 1. The molecule has 4 rings (SSSR count). The molecule has 9 nitrogen and oxygen atoms in total. The first-order chi connectivity index (χ1) is 13.5. The number of rotatable bonds is 5. The van der Waals surface area contributed by atoms with Crippen LogP contribution in [0.4, 0.5) is 11.7 Å². The van der Waals surface area contributed by atoms with Gasteiger partial charge in [0.15, 0.2) is 0 Å². The van der Waals surface area contributed by atoms with E-state index in [1.54, 1.807) is 41.7 Å². The molecule has 3 heterocycles. The Morgan fingerprint density at radius 3 is 2.79 bits per heavy atom. The lowest BCUT2D eigenvalue weighted by molar-refractivity contribution is -0.122. The number of aromatic nitrogens is 3. The Morgan fingerprint density at radius 1 is 1.32 bits per heavy atom. The molecule has 1 saturated heterocycles. The average molecular weight is 399 g/mol. The first-order valence-corrected chi connectivity index (χ1v) is 9.42. The zero-order chi connectivity index (χ0) is 19.7. The Labute approximate surface area is 164 Å². The van der Waals surface area contributed by atoms with E-state index < -0.39 is 5.92 Å². The molecule has 1 N–H and O–H groups in total. The van der Waals surface area contributed by atoms with E-state index in [-0.39, 0.29) is 36.7 Å². The second kappa shape index (κ2) is 7.39. The lowest BCUT2D eigenvalue weighted by Crippen LogP contribution is -2.28. The molecule has 1 aliphatic heterocycles. The first-order valence-electron chi connectivity index (χ1n) is 8.55. The molecule has 0 aliphatic carbocycles. The summed E-state index contributed by atoms with van der Waals surface area (Å²) in [5.74, 6) is -0.0239. The fourth-order valence-corrected chi connectivity index (χ4v) is 3.53. The third-order valence-electron chi connectivity index (χ3n) is 4.37. The maximum Gasteiger partial charge on any atom is 0.322 e. The molecule has 1 fully saturated rings. The van der Waals surface area contributed by atoms with Crippen LogP contribution in [0.15, 0.2) is 34.1 Å². The lowest BCUT2D eigenvalue weighted by atomic mass is 10.1. The number of carbonyl (C=O) groups is 2. The van der Waals surface area contributed by atoms with Crippen molar-refractivity contribution in [2.24, 2.45) is 5.92 Å². The minimum Gasteiger partial charge on any atom is -0.497 e. The fourth-order valence-electron chi connectivity index (χ4n) is 2.94. The van der Waals surface area contributed by atoms with Crippen LogP contribution in [0.2, 0.25) is 0 Å². The summed E-state index contributed by atoms with van der Waals surface area (Å²) >= 11 is 1.47. The zero-order valence-corrected chi connectivity index (χ0v) is 16.0. The SMILES string of the molecule is COc1ccc(N2CC(C(=O)Nc3nnc(-c4csc(C)n4)o3)CC2=O)cc1. The first kappa shape index (κ1) is 18.1. The summed E-state index contributed by atoms with van der Waals surface area (Å²) in [7, 11) is 1.58. The largest absolute Gasteiger partial charge is 0.497 e. The van der Waals surface area contributed by atoms with Gasteiger partial charge in [-0.15, -0.1) is 16.4 Å². The molecule has 0 saturated carbocycles. The van der Waals surface area contributed by atoms with E-state index in [9.17, 15) is 9.59 Å². The molecule has 1 atom stereocenters. The van der Waals surface area contributed by atoms with Crippen LogP contribution in [0.3, 0.4) is 0 Å². The van der Waals surface area contributed by atoms with Crippen molar-refractivity contribution in [1.82, 2.24) is 15.2 Å². The predicted octanol–water partition coefficient (Wildman–Crippen LogP) is 2.50. The summed E-state index contributed by atoms with van der Waals surface area (Å²) in [5, 5.41) is 13.0. The van der Waals surface area contributed by atoms with Crippen molar-refractivity contribution in [2.75, 3.05) is 23.9 Å². The molecule has 1 aliphatic rings. The van der Waals surface area contributed by atoms with Gasteiger partial charge < -0.3 is 14.1 Å². The summed E-state index contributed by atoms with van der Waals surface area (Å²) in [6, 6.07) is 7.11. The normalized spacial score (nSPS) is 16.4. The third-order valence-corrected chi connectivity index (χ3v) is 5.15. The molecule has 1 unspecified atom stereocenters. The second-order valence-corrected chi connectivity index (χ2v) is 7.32. The van der Waals surface area contributed by atoms with Gasteiger partial charge in [0.1, 0.15) is 11.4 Å². The Hall–Kier alpha value is -3.27. The molecular weight excluding hydrogens is 382 g/mol. The van der Waals surface area contributed by atoms with Gasteiger partial charge in [0.05, 0.1) is 18.0 Å². The molecule has 2 aromatic heterocycles. The van der Waals surface area contributed by atoms with E-state index in [4.69, 9.17) is 9.15 Å². The van der Waals surface area contributed by atoms with Gasteiger partial charge in [-0.05, 0) is 31.2 Å². The van der Waals surface area contributed by atoms with Crippen LogP contribution < -0.4 is 15.0 Å². The number of hydrogen-bond donors (Lipinski definition) is 1. The monoisotopic (exact) mass is 399 g/mol. The Bertz CT molecular complexity index is 1010. The molecule has 28 heavy (non-hydrogen) atoms. The highest BCUT2D eigenvalue weighted by atomic mass is 32.1. The number of hydrogen-bond acceptors (Lipinski definition) is 8. The van der Waals surface area contributed by atoms with Crippen molar-refractivity contribution >= 4 is 34.9 Å². The number of anilines is 2. The quantitative estimate of drug-likeness (QED) is 0.702. The number of methoxy groups -OCH3 is 1. The van der Waals surface area contributed by atoms with Crippen molar-refractivity contribution in [3.63, 3.8) is 0 Å². The van der Waals surface area contributed by atoms with Crippen molar-refractivity contribution < 1.29 is 18.7 Å². The summed E-state index contributed by atoms with van der Waals surface area (Å²) in [6.07, 6.45) is 0.115. The number of nitrogens with zero attached hydrogens (tertiary/aromatic N) is 4. The summed E-state index contributed by atoms with van der Waals surface area (Å²) < 4.78 is 10.6. The number of ether oxygens (including phenoxy) is 1. The van der Waals surface area contributed by atoms with Gasteiger partial charge >= 0.3 is 6.01 Å². The highest BCUT2D eigenvalue weighted by molar-refractivity contribution is 7.09. The standard InChI is InChI=1S/C18H17N5O4S/c1-10-19-14(9-28-10)17-21-22-18(27-17)20-16(25)11-7-15(24)23(8-11)12-3-5-13(26-2)6-4-12/h3-6,9,11H,7-8H2,1-2H3,(H,20,22,25). The number of nitrogens with one attached hydrogen (secondary N) is 1. The Balaban J connectivity index is 1.41. The van der Waals surface area contributed by atoms with Gasteiger partial charge in [-0.1, -0.05) is 5.10 Å². The van der Waals surface area contributed by atoms with E-state index in [1.165, 1.54) is 11.3 Å². The topological polar surface area (TPSA) is 110 Å². The molecule has 3 aromatic rings. The molecule has 10 heteroatoms. The molecular formula is C18H17N5O4S. The van der Waals surface area contributed by atoms with Gasteiger partial charge in [-0.25, -0.2) is 4.98 Å². The minimum atomic E-state index is -0.508. The second-order valence-electron chi connectivity index (χ2n) is 6.26. The van der Waals surface area contributed by atoms with E-state index >= 15 is 0 Å². The number of amides is 2. The summed E-state index contributed by atoms with van der Waals surface area (Å²) in [6.45, 7) is 2.15. The maximum absolute atomic E-state index is 12.5. The van der Waals surface area contributed by atoms with Crippen molar-refractivity contribution in [3.8, 4) is 17.3 Å². The van der Waals surface area contributed by atoms with Crippen molar-refractivity contribution in [3.05, 3.63) is 34.7 Å².